The van der Waals surface area contributed by atoms with E-state index in [-0.39, 0.29) is 17.7 Å². The molecule has 12 nitrogen and oxygen atoms in total. The topological polar surface area (TPSA) is 200 Å². The zero-order chi connectivity index (χ0) is 32.9. The monoisotopic (exact) mass is 626 g/mol. The third kappa shape index (κ3) is 6.88. The van der Waals surface area contributed by atoms with E-state index in [0.29, 0.717) is 29.3 Å². The van der Waals surface area contributed by atoms with Crippen LogP contribution in [0.15, 0.2) is 103 Å². The van der Waals surface area contributed by atoms with Crippen LogP contribution in [0.3, 0.4) is 0 Å². The van der Waals surface area contributed by atoms with Crippen LogP contribution in [0.5, 0.6) is 0 Å². The van der Waals surface area contributed by atoms with Gasteiger partial charge < -0.3 is 21.7 Å². The SMILES string of the molecule is CC(Nc1cc(N)nc2cc(Nc3cc(NCc4ccc(C(=N)NO)cc4)c4ccccc4n3)ccc12)c1ccc(C(=N)NO)cc1. The lowest BCUT2D eigenvalue weighted by Gasteiger charge is -2.19. The number of nitrogen functional groups attached to an aromatic ring is 1. The molecule has 0 aliphatic carbocycles. The molecular formula is C35H34N10O2. The second-order valence-corrected chi connectivity index (χ2v) is 11.0. The maximum absolute atomic E-state index is 9.00. The van der Waals surface area contributed by atoms with Crippen molar-refractivity contribution in [3.05, 3.63) is 125 Å². The third-order valence-electron chi connectivity index (χ3n) is 7.84. The number of benzene rings is 4. The maximum Gasteiger partial charge on any atom is 0.149 e. The van der Waals surface area contributed by atoms with Gasteiger partial charge in [-0.1, -0.05) is 66.7 Å². The Labute approximate surface area is 270 Å². The highest BCUT2D eigenvalue weighted by Crippen LogP contribution is 2.32. The molecule has 6 aromatic rings. The molecule has 11 N–H and O–H groups in total. The quantitative estimate of drug-likeness (QED) is 0.0454. The second-order valence-electron chi connectivity index (χ2n) is 11.0. The summed E-state index contributed by atoms with van der Waals surface area (Å²) in [5, 5.41) is 45.8. The Balaban J connectivity index is 1.22. The number of hydroxylamine groups is 2. The molecule has 1 atom stereocenters. The smallest absolute Gasteiger partial charge is 0.149 e. The van der Waals surface area contributed by atoms with E-state index in [0.717, 1.165) is 50.0 Å². The van der Waals surface area contributed by atoms with Gasteiger partial charge in [0.2, 0.25) is 0 Å². The van der Waals surface area contributed by atoms with Crippen LogP contribution in [0.1, 0.15) is 35.2 Å². The van der Waals surface area contributed by atoms with Crippen LogP contribution in [0.25, 0.3) is 21.8 Å². The molecule has 4 aromatic carbocycles. The molecule has 2 aromatic heterocycles. The molecule has 1 unspecified atom stereocenters. The minimum absolute atomic E-state index is 0.0587. The van der Waals surface area contributed by atoms with Gasteiger partial charge in [0.05, 0.1) is 11.0 Å². The fraction of sp³-hybridized carbons (Fsp3) is 0.0857. The zero-order valence-corrected chi connectivity index (χ0v) is 25.5. The molecule has 236 valence electrons. The van der Waals surface area contributed by atoms with Gasteiger partial charge in [-0.25, -0.2) is 9.97 Å². The molecule has 47 heavy (non-hydrogen) atoms. The van der Waals surface area contributed by atoms with E-state index in [1.165, 1.54) is 0 Å². The molecule has 0 spiro atoms. The first-order valence-electron chi connectivity index (χ1n) is 14.9. The van der Waals surface area contributed by atoms with Crippen molar-refractivity contribution in [1.29, 1.82) is 10.8 Å². The summed E-state index contributed by atoms with van der Waals surface area (Å²) < 4.78 is 0. The fourth-order valence-electron chi connectivity index (χ4n) is 5.35. The number of hydrogen-bond donors (Lipinski definition) is 10. The summed E-state index contributed by atoms with van der Waals surface area (Å²) in [6.07, 6.45) is 0. The van der Waals surface area contributed by atoms with Crippen LogP contribution < -0.4 is 32.6 Å². The van der Waals surface area contributed by atoms with Crippen molar-refractivity contribution in [2.24, 2.45) is 0 Å². The highest BCUT2D eigenvalue weighted by atomic mass is 16.5. The highest BCUT2D eigenvalue weighted by molar-refractivity contribution is 5.97. The van der Waals surface area contributed by atoms with Crippen LogP contribution in [0.4, 0.5) is 28.7 Å². The lowest BCUT2D eigenvalue weighted by molar-refractivity contribution is 0.234. The number of nitrogens with one attached hydrogen (secondary N) is 7. The largest absolute Gasteiger partial charge is 0.384 e. The Bertz CT molecular complexity index is 2080. The number of anilines is 5. The van der Waals surface area contributed by atoms with E-state index in [1.54, 1.807) is 24.3 Å². The summed E-state index contributed by atoms with van der Waals surface area (Å²) in [6.45, 7) is 2.59. The van der Waals surface area contributed by atoms with Crippen molar-refractivity contribution in [1.82, 2.24) is 20.9 Å². The number of nitrogens with zero attached hydrogens (tertiary/aromatic N) is 2. The van der Waals surface area contributed by atoms with Gasteiger partial charge in [0.25, 0.3) is 0 Å². The summed E-state index contributed by atoms with van der Waals surface area (Å²) in [5.41, 5.74) is 17.3. The third-order valence-corrected chi connectivity index (χ3v) is 7.84. The van der Waals surface area contributed by atoms with Gasteiger partial charge in [-0.2, -0.15) is 0 Å². The molecule has 0 saturated carbocycles. The van der Waals surface area contributed by atoms with Crippen molar-refractivity contribution >= 4 is 62.2 Å². The van der Waals surface area contributed by atoms with E-state index < -0.39 is 0 Å². The van der Waals surface area contributed by atoms with Gasteiger partial charge in [0, 0.05) is 63.7 Å². The van der Waals surface area contributed by atoms with Gasteiger partial charge in [0.1, 0.15) is 23.3 Å². The van der Waals surface area contributed by atoms with Gasteiger partial charge in [-0.15, -0.1) is 0 Å². The molecule has 0 amide bonds. The number of rotatable bonds is 10. The Morgan fingerprint density at radius 2 is 1.40 bits per heavy atom. The molecule has 0 radical (unpaired) electrons. The van der Waals surface area contributed by atoms with Gasteiger partial charge in [0.15, 0.2) is 0 Å². The van der Waals surface area contributed by atoms with Crippen molar-refractivity contribution in [3.63, 3.8) is 0 Å². The lowest BCUT2D eigenvalue weighted by Crippen LogP contribution is -2.18. The van der Waals surface area contributed by atoms with E-state index >= 15 is 0 Å². The molecule has 0 aliphatic rings. The number of nitrogens with two attached hydrogens (primary N) is 1. The van der Waals surface area contributed by atoms with E-state index in [4.69, 9.17) is 32.0 Å². The first kappa shape index (κ1) is 30.8. The minimum Gasteiger partial charge on any atom is -0.384 e. The number of amidine groups is 2. The average molecular weight is 627 g/mol. The van der Waals surface area contributed by atoms with Crippen LogP contribution in [-0.2, 0) is 6.54 Å². The number of para-hydroxylation sites is 1. The Hall–Kier alpha value is -6.24. The van der Waals surface area contributed by atoms with Crippen LogP contribution in [0.2, 0.25) is 0 Å². The predicted molar refractivity (Wildman–Crippen MR) is 187 cm³/mol. The Morgan fingerprint density at radius 1 is 0.745 bits per heavy atom. The molecule has 6 rings (SSSR count). The van der Waals surface area contributed by atoms with Crippen molar-refractivity contribution in [2.45, 2.75) is 19.5 Å². The van der Waals surface area contributed by atoms with Crippen molar-refractivity contribution in [2.75, 3.05) is 21.7 Å². The molecule has 0 bridgehead atoms. The summed E-state index contributed by atoms with van der Waals surface area (Å²) in [6, 6.07) is 32.3. The Kier molecular flexibility index (Phi) is 8.77. The molecule has 2 heterocycles. The first-order chi connectivity index (χ1) is 22.8. The summed E-state index contributed by atoms with van der Waals surface area (Å²) in [7, 11) is 0. The predicted octanol–water partition coefficient (Wildman–Crippen LogP) is 6.50. The molecule has 12 heteroatoms. The van der Waals surface area contributed by atoms with Gasteiger partial charge >= 0.3 is 0 Å². The van der Waals surface area contributed by atoms with Crippen LogP contribution >= 0.6 is 0 Å². The summed E-state index contributed by atoms with van der Waals surface area (Å²) in [4.78, 5) is 9.44. The number of aromatic nitrogens is 2. The van der Waals surface area contributed by atoms with Crippen LogP contribution in [-0.4, -0.2) is 32.1 Å². The van der Waals surface area contributed by atoms with Crippen LogP contribution in [0, 0.1) is 10.8 Å². The lowest BCUT2D eigenvalue weighted by atomic mass is 10.0. The Morgan fingerprint density at radius 3 is 2.11 bits per heavy atom. The normalized spacial score (nSPS) is 11.6. The fourth-order valence-corrected chi connectivity index (χ4v) is 5.35. The molecular weight excluding hydrogens is 592 g/mol. The molecule has 0 saturated heterocycles. The number of hydrogen-bond acceptors (Lipinski definition) is 10. The van der Waals surface area contributed by atoms with Crippen molar-refractivity contribution < 1.29 is 10.4 Å². The van der Waals surface area contributed by atoms with E-state index in [2.05, 4.69) is 20.9 Å². The summed E-state index contributed by atoms with van der Waals surface area (Å²) >= 11 is 0. The van der Waals surface area contributed by atoms with Gasteiger partial charge in [-0.3, -0.25) is 32.2 Å². The van der Waals surface area contributed by atoms with E-state index in [1.807, 2.05) is 96.7 Å². The molecule has 0 fully saturated rings. The summed E-state index contributed by atoms with van der Waals surface area (Å²) in [5.74, 6) is 0.919. The standard InChI is InChI=1S/C35H34N10O2/c1-20(22-10-12-24(13-11-22)35(38)45-47)40-31-17-32(36)42-30-16-25(14-15-27(30)31)41-33-18-29(26-4-2-3-5-28(26)43-33)39-19-21-6-8-23(9-7-21)34(37)44-46/h2-18,20,46-47H,19H2,1H3,(H2,37,44)(H2,38,45)(H3,36,40,42)(H2,39,41,43). The number of fused-ring (bicyclic) bond motifs is 2. The second kappa shape index (κ2) is 13.4. The number of pyridine rings is 2. The maximum atomic E-state index is 9.00. The zero-order valence-electron chi connectivity index (χ0n) is 25.5. The average Bonchev–Trinajstić information content (AvgIpc) is 3.10. The minimum atomic E-state index is -0.0696. The molecule has 0 aliphatic heterocycles. The van der Waals surface area contributed by atoms with Gasteiger partial charge in [-0.05, 0) is 42.3 Å². The van der Waals surface area contributed by atoms with Crippen molar-refractivity contribution in [3.8, 4) is 0 Å². The highest BCUT2D eigenvalue weighted by Gasteiger charge is 2.13. The van der Waals surface area contributed by atoms with E-state index in [9.17, 15) is 0 Å². The first-order valence-corrected chi connectivity index (χ1v) is 14.9.